The monoisotopic (exact) mass is 516 g/mol. The number of unbranched alkanes of at least 4 members (excludes halogenated alkanes) is 2. The fourth-order valence-corrected chi connectivity index (χ4v) is 3.44. The quantitative estimate of drug-likeness (QED) is 0.0266. The van der Waals surface area contributed by atoms with Gasteiger partial charge in [-0.3, -0.25) is 14.4 Å². The second-order valence-electron chi connectivity index (χ2n) is 7.71. The summed E-state index contributed by atoms with van der Waals surface area (Å²) < 4.78 is 2.96. The molecule has 0 fully saturated rings. The summed E-state index contributed by atoms with van der Waals surface area (Å²) >= 11 is 0. The number of rotatable bonds is 18. The Kier molecular flexibility index (Phi) is 17.7. The SMILES string of the molecule is CCNC(=O)CNC(=O)C(NC(=O)CCCCCN(N)/C=C(N)/C(C=N)=C/NSSC)C(C)C. The molecule has 0 aromatic carbocycles. The minimum atomic E-state index is -0.700. The molecule has 0 aromatic rings. The zero-order chi connectivity index (χ0) is 25.9. The molecule has 9 N–H and O–H groups in total. The van der Waals surface area contributed by atoms with Crippen molar-refractivity contribution < 1.29 is 14.4 Å². The number of nitrogens with two attached hydrogens (primary N) is 2. The molecule has 0 heterocycles. The van der Waals surface area contributed by atoms with E-state index in [9.17, 15) is 14.4 Å². The van der Waals surface area contributed by atoms with E-state index < -0.39 is 6.04 Å². The molecule has 0 saturated heterocycles. The first-order valence-electron chi connectivity index (χ1n) is 11.1. The second kappa shape index (κ2) is 19.0. The van der Waals surface area contributed by atoms with Crippen LogP contribution >= 0.6 is 21.8 Å². The zero-order valence-electron chi connectivity index (χ0n) is 20.5. The Balaban J connectivity index is 4.39. The van der Waals surface area contributed by atoms with E-state index >= 15 is 0 Å². The highest BCUT2D eigenvalue weighted by Crippen LogP contribution is 2.12. The van der Waals surface area contributed by atoms with E-state index in [1.807, 2.05) is 20.1 Å². The van der Waals surface area contributed by atoms with Crippen LogP contribution in [0.25, 0.3) is 0 Å². The van der Waals surface area contributed by atoms with Gasteiger partial charge in [-0.25, -0.2) is 5.84 Å². The molecule has 0 rings (SSSR count). The standard InChI is InChI=1S/C21H40N8O3S2/c1-5-25-19(31)13-26-21(32)20(15(2)3)28-18(30)9-7-6-8-10-29(24)14-17(23)16(11-22)12-27-34-33-4/h11-12,14-15,20,22,27H,5-10,13,23-24H2,1-4H3,(H,25,31)(H,26,32)(H,28,30)/b16-12+,17-14-,22-11?. The molecule has 194 valence electrons. The molecule has 1 atom stereocenters. The predicted molar refractivity (Wildman–Crippen MR) is 141 cm³/mol. The van der Waals surface area contributed by atoms with E-state index in [2.05, 4.69) is 20.7 Å². The number of nitrogens with one attached hydrogen (secondary N) is 5. The van der Waals surface area contributed by atoms with Crippen molar-refractivity contribution >= 4 is 45.7 Å². The van der Waals surface area contributed by atoms with Crippen molar-refractivity contribution in [2.75, 3.05) is 25.9 Å². The number of allylic oxidation sites excluding steroid dienone is 1. The van der Waals surface area contributed by atoms with Crippen LogP contribution in [0.5, 0.6) is 0 Å². The molecule has 11 nitrogen and oxygen atoms in total. The summed E-state index contributed by atoms with van der Waals surface area (Å²) in [5.74, 6) is 4.98. The lowest BCUT2D eigenvalue weighted by atomic mass is 10.0. The van der Waals surface area contributed by atoms with Crippen LogP contribution in [-0.4, -0.2) is 60.9 Å². The van der Waals surface area contributed by atoms with Gasteiger partial charge in [0.1, 0.15) is 6.04 Å². The lowest BCUT2D eigenvalue weighted by molar-refractivity contribution is -0.131. The molecule has 0 saturated carbocycles. The van der Waals surface area contributed by atoms with E-state index in [0.717, 1.165) is 19.1 Å². The van der Waals surface area contributed by atoms with Crippen molar-refractivity contribution in [1.82, 2.24) is 25.7 Å². The molecule has 0 radical (unpaired) electrons. The van der Waals surface area contributed by atoms with Crippen LogP contribution in [0.15, 0.2) is 23.7 Å². The molecule has 0 aliphatic carbocycles. The largest absolute Gasteiger partial charge is 0.397 e. The molecule has 13 heteroatoms. The molecule has 0 spiro atoms. The van der Waals surface area contributed by atoms with Crippen LogP contribution in [0, 0.1) is 11.3 Å². The maximum Gasteiger partial charge on any atom is 0.243 e. The van der Waals surface area contributed by atoms with Crippen LogP contribution in [0.4, 0.5) is 0 Å². The summed E-state index contributed by atoms with van der Waals surface area (Å²) in [6.45, 7) is 6.38. The van der Waals surface area contributed by atoms with Crippen LogP contribution in [0.2, 0.25) is 0 Å². The van der Waals surface area contributed by atoms with Gasteiger partial charge in [0.2, 0.25) is 17.7 Å². The lowest BCUT2D eigenvalue weighted by Crippen LogP contribution is -2.51. The third kappa shape index (κ3) is 14.7. The molecule has 1 unspecified atom stereocenters. The van der Waals surface area contributed by atoms with Crippen LogP contribution < -0.4 is 32.2 Å². The summed E-state index contributed by atoms with van der Waals surface area (Å²) in [5.41, 5.74) is 6.87. The number of carbonyl (C=O) groups excluding carboxylic acids is 3. The molecule has 0 aromatic heterocycles. The van der Waals surface area contributed by atoms with E-state index in [0.29, 0.717) is 30.8 Å². The van der Waals surface area contributed by atoms with Crippen LogP contribution in [0.3, 0.4) is 0 Å². The van der Waals surface area contributed by atoms with Gasteiger partial charge in [-0.15, -0.1) is 0 Å². The van der Waals surface area contributed by atoms with Gasteiger partial charge in [0.05, 0.1) is 12.2 Å². The van der Waals surface area contributed by atoms with Crippen molar-refractivity contribution in [2.24, 2.45) is 17.5 Å². The van der Waals surface area contributed by atoms with Crippen molar-refractivity contribution in [1.29, 1.82) is 5.41 Å². The highest BCUT2D eigenvalue weighted by molar-refractivity contribution is 8.75. The normalized spacial score (nSPS) is 12.6. The van der Waals surface area contributed by atoms with Crippen molar-refractivity contribution in [2.45, 2.75) is 52.5 Å². The first-order chi connectivity index (χ1) is 16.2. The summed E-state index contributed by atoms with van der Waals surface area (Å²) in [5, 5.41) is 16.8. The smallest absolute Gasteiger partial charge is 0.243 e. The zero-order valence-corrected chi connectivity index (χ0v) is 22.1. The highest BCUT2D eigenvalue weighted by atomic mass is 33.1. The number of hydrazine groups is 1. The van der Waals surface area contributed by atoms with Gasteiger partial charge < -0.3 is 36.8 Å². The molecule has 3 amide bonds. The van der Waals surface area contributed by atoms with Crippen molar-refractivity contribution in [3.8, 4) is 0 Å². The topological polar surface area (TPSA) is 178 Å². The average Bonchev–Trinajstić information content (AvgIpc) is 2.78. The van der Waals surface area contributed by atoms with E-state index in [-0.39, 0.29) is 36.6 Å². The Morgan fingerprint density at radius 2 is 1.82 bits per heavy atom. The van der Waals surface area contributed by atoms with E-state index in [1.165, 1.54) is 26.8 Å². The first kappa shape index (κ1) is 31.6. The number of likely N-dealkylation sites (N-methyl/N-ethyl adjacent to an activating group) is 1. The number of amides is 3. The maximum absolute atomic E-state index is 12.3. The third-order valence-corrected chi connectivity index (χ3v) is 5.69. The van der Waals surface area contributed by atoms with Gasteiger partial charge in [0, 0.05) is 54.7 Å². The van der Waals surface area contributed by atoms with Gasteiger partial charge >= 0.3 is 0 Å². The fraction of sp³-hybridized carbons (Fsp3) is 0.619. The number of nitrogens with zero attached hydrogens (tertiary/aromatic N) is 1. The third-order valence-electron chi connectivity index (χ3n) is 4.52. The summed E-state index contributed by atoms with van der Waals surface area (Å²) in [4.78, 5) is 36.2. The Labute approximate surface area is 210 Å². The minimum Gasteiger partial charge on any atom is -0.397 e. The van der Waals surface area contributed by atoms with Gasteiger partial charge in [-0.1, -0.05) is 31.1 Å². The predicted octanol–water partition coefficient (Wildman–Crippen LogP) is 0.965. The molecule has 34 heavy (non-hydrogen) atoms. The highest BCUT2D eigenvalue weighted by Gasteiger charge is 2.24. The molecular weight excluding hydrogens is 476 g/mol. The van der Waals surface area contributed by atoms with Gasteiger partial charge in [-0.05, 0) is 31.9 Å². The van der Waals surface area contributed by atoms with E-state index in [1.54, 1.807) is 19.3 Å². The first-order valence-corrected chi connectivity index (χ1v) is 13.7. The lowest BCUT2D eigenvalue weighted by Gasteiger charge is -2.21. The number of hydrogen-bond acceptors (Lipinski definition) is 10. The average molecular weight is 517 g/mol. The fourth-order valence-electron chi connectivity index (χ4n) is 2.74. The second-order valence-corrected chi connectivity index (χ2v) is 9.94. The maximum atomic E-state index is 12.3. The Morgan fingerprint density at radius 1 is 1.12 bits per heavy atom. The molecule has 0 aliphatic heterocycles. The van der Waals surface area contributed by atoms with Crippen molar-refractivity contribution in [3.63, 3.8) is 0 Å². The summed E-state index contributed by atoms with van der Waals surface area (Å²) in [6, 6.07) is -0.700. The van der Waals surface area contributed by atoms with Crippen LogP contribution in [0.1, 0.15) is 46.5 Å². The molecule has 0 bridgehead atoms. The van der Waals surface area contributed by atoms with Crippen molar-refractivity contribution in [3.05, 3.63) is 23.7 Å². The molecule has 0 aliphatic rings. The summed E-state index contributed by atoms with van der Waals surface area (Å²) in [6.07, 6.45) is 8.73. The number of carbonyl (C=O) groups is 3. The van der Waals surface area contributed by atoms with Gasteiger partial charge in [0.15, 0.2) is 0 Å². The minimum absolute atomic E-state index is 0.115. The van der Waals surface area contributed by atoms with Gasteiger partial charge in [0.25, 0.3) is 0 Å². The number of hydrogen-bond donors (Lipinski definition) is 7. The Hall–Kier alpha value is -2.38. The molecular formula is C21H40N8O3S2. The Morgan fingerprint density at radius 3 is 2.41 bits per heavy atom. The van der Waals surface area contributed by atoms with E-state index in [4.69, 9.17) is 17.0 Å². The van der Waals surface area contributed by atoms with Gasteiger partial charge in [-0.2, -0.15) is 0 Å². The van der Waals surface area contributed by atoms with Crippen LogP contribution in [-0.2, 0) is 14.4 Å². The summed E-state index contributed by atoms with van der Waals surface area (Å²) in [7, 11) is 2.95. The Bertz CT molecular complexity index is 716.